The van der Waals surface area contributed by atoms with E-state index in [1.165, 1.54) is 7.11 Å². The zero-order valence-electron chi connectivity index (χ0n) is 16.8. The SMILES string of the molecule is COC(=O)c1cc(N2CCN(C)CC2)c2cc(OCc3ccccc3)ccc2n1. The maximum Gasteiger partial charge on any atom is 0.356 e. The van der Waals surface area contributed by atoms with Crippen LogP contribution in [0, 0.1) is 0 Å². The number of hydrogen-bond acceptors (Lipinski definition) is 6. The predicted molar refractivity (Wildman–Crippen MR) is 114 cm³/mol. The molecule has 0 aliphatic carbocycles. The second kappa shape index (κ2) is 8.49. The number of ether oxygens (including phenoxy) is 2. The monoisotopic (exact) mass is 391 g/mol. The number of carbonyl (C=O) groups excluding carboxylic acids is 1. The molecule has 1 saturated heterocycles. The van der Waals surface area contributed by atoms with E-state index in [4.69, 9.17) is 9.47 Å². The molecule has 0 radical (unpaired) electrons. The largest absolute Gasteiger partial charge is 0.489 e. The summed E-state index contributed by atoms with van der Waals surface area (Å²) in [5.41, 5.74) is 3.19. The van der Waals surface area contributed by atoms with Crippen LogP contribution in [0.15, 0.2) is 54.6 Å². The van der Waals surface area contributed by atoms with E-state index in [1.54, 1.807) is 0 Å². The Balaban J connectivity index is 1.69. The second-order valence-corrected chi connectivity index (χ2v) is 7.26. The first kappa shape index (κ1) is 19.2. The number of rotatable bonds is 5. The van der Waals surface area contributed by atoms with Gasteiger partial charge in [-0.3, -0.25) is 0 Å². The topological polar surface area (TPSA) is 54.9 Å². The average molecular weight is 391 g/mol. The molecule has 0 N–H and O–H groups in total. The van der Waals surface area contributed by atoms with Crippen molar-refractivity contribution in [3.8, 4) is 5.75 Å². The van der Waals surface area contributed by atoms with Gasteiger partial charge in [0.1, 0.15) is 12.4 Å². The van der Waals surface area contributed by atoms with Crippen LogP contribution in [0.2, 0.25) is 0 Å². The molecule has 2 heterocycles. The average Bonchev–Trinajstić information content (AvgIpc) is 2.77. The van der Waals surface area contributed by atoms with Crippen LogP contribution >= 0.6 is 0 Å². The van der Waals surface area contributed by atoms with Crippen molar-refractivity contribution in [3.63, 3.8) is 0 Å². The van der Waals surface area contributed by atoms with E-state index >= 15 is 0 Å². The summed E-state index contributed by atoms with van der Waals surface area (Å²) in [5, 5.41) is 0.979. The fourth-order valence-corrected chi connectivity index (χ4v) is 3.54. The molecule has 3 aromatic rings. The summed E-state index contributed by atoms with van der Waals surface area (Å²) in [6.07, 6.45) is 0. The van der Waals surface area contributed by atoms with Crippen LogP contribution in [-0.4, -0.2) is 56.2 Å². The van der Waals surface area contributed by atoms with Crippen LogP contribution < -0.4 is 9.64 Å². The maximum absolute atomic E-state index is 12.1. The fourth-order valence-electron chi connectivity index (χ4n) is 3.54. The highest BCUT2D eigenvalue weighted by molar-refractivity contribution is 5.98. The summed E-state index contributed by atoms with van der Waals surface area (Å²) in [4.78, 5) is 21.2. The summed E-state index contributed by atoms with van der Waals surface area (Å²) >= 11 is 0. The van der Waals surface area contributed by atoms with Gasteiger partial charge in [0.05, 0.1) is 12.6 Å². The minimum absolute atomic E-state index is 0.326. The molecule has 1 aliphatic heterocycles. The number of hydrogen-bond donors (Lipinski definition) is 0. The number of anilines is 1. The van der Waals surface area contributed by atoms with Gasteiger partial charge in [0.25, 0.3) is 0 Å². The van der Waals surface area contributed by atoms with Gasteiger partial charge >= 0.3 is 5.97 Å². The number of pyridine rings is 1. The van der Waals surface area contributed by atoms with Crippen molar-refractivity contribution in [1.29, 1.82) is 0 Å². The quantitative estimate of drug-likeness (QED) is 0.622. The van der Waals surface area contributed by atoms with Gasteiger partial charge in [-0.1, -0.05) is 30.3 Å². The molecular weight excluding hydrogens is 366 g/mol. The highest BCUT2D eigenvalue weighted by Gasteiger charge is 2.20. The molecule has 0 saturated carbocycles. The van der Waals surface area contributed by atoms with E-state index in [9.17, 15) is 4.79 Å². The molecule has 1 fully saturated rings. The lowest BCUT2D eigenvalue weighted by atomic mass is 10.1. The van der Waals surface area contributed by atoms with Gasteiger partial charge in [0.2, 0.25) is 0 Å². The third-order valence-electron chi connectivity index (χ3n) is 5.25. The molecule has 0 amide bonds. The van der Waals surface area contributed by atoms with Crippen molar-refractivity contribution < 1.29 is 14.3 Å². The summed E-state index contributed by atoms with van der Waals surface area (Å²) in [6.45, 7) is 4.24. The Morgan fingerprint density at radius 1 is 1.03 bits per heavy atom. The molecule has 6 heteroatoms. The zero-order valence-corrected chi connectivity index (χ0v) is 16.8. The highest BCUT2D eigenvalue weighted by Crippen LogP contribution is 2.31. The van der Waals surface area contributed by atoms with Crippen LogP contribution in [0.4, 0.5) is 5.69 Å². The van der Waals surface area contributed by atoms with Crippen molar-refractivity contribution >= 4 is 22.6 Å². The molecule has 1 aromatic heterocycles. The molecule has 150 valence electrons. The van der Waals surface area contributed by atoms with Crippen LogP contribution in [0.1, 0.15) is 16.1 Å². The lowest BCUT2D eigenvalue weighted by Gasteiger charge is -2.34. The van der Waals surface area contributed by atoms with E-state index in [0.717, 1.165) is 54.1 Å². The minimum Gasteiger partial charge on any atom is -0.489 e. The van der Waals surface area contributed by atoms with Crippen LogP contribution in [0.3, 0.4) is 0 Å². The van der Waals surface area contributed by atoms with Crippen LogP contribution in [0.5, 0.6) is 5.75 Å². The Kier molecular flexibility index (Phi) is 5.62. The van der Waals surface area contributed by atoms with E-state index in [2.05, 4.69) is 21.8 Å². The molecule has 0 bridgehead atoms. The first-order valence-electron chi connectivity index (χ1n) is 9.77. The lowest BCUT2D eigenvalue weighted by molar-refractivity contribution is 0.0594. The normalized spacial score (nSPS) is 14.8. The van der Waals surface area contributed by atoms with Crippen molar-refractivity contribution in [2.75, 3.05) is 45.2 Å². The number of esters is 1. The van der Waals surface area contributed by atoms with Gasteiger partial charge in [-0.05, 0) is 36.9 Å². The van der Waals surface area contributed by atoms with Gasteiger partial charge < -0.3 is 19.3 Å². The van der Waals surface area contributed by atoms with Crippen molar-refractivity contribution in [2.24, 2.45) is 0 Å². The Hall–Kier alpha value is -3.12. The number of benzene rings is 2. The number of methoxy groups -OCH3 is 1. The van der Waals surface area contributed by atoms with E-state index in [1.807, 2.05) is 54.6 Å². The van der Waals surface area contributed by atoms with Crippen LogP contribution in [-0.2, 0) is 11.3 Å². The number of aromatic nitrogens is 1. The zero-order chi connectivity index (χ0) is 20.2. The number of carbonyl (C=O) groups is 1. The number of piperazine rings is 1. The lowest BCUT2D eigenvalue weighted by Crippen LogP contribution is -2.44. The Morgan fingerprint density at radius 3 is 2.52 bits per heavy atom. The minimum atomic E-state index is -0.424. The van der Waals surface area contributed by atoms with Gasteiger partial charge in [0, 0.05) is 37.3 Å². The van der Waals surface area contributed by atoms with Crippen molar-refractivity contribution in [1.82, 2.24) is 9.88 Å². The fraction of sp³-hybridized carbons (Fsp3) is 0.304. The first-order chi connectivity index (χ1) is 14.1. The Labute approximate surface area is 170 Å². The molecule has 0 atom stereocenters. The molecular formula is C23H25N3O3. The molecule has 2 aromatic carbocycles. The third-order valence-corrected chi connectivity index (χ3v) is 5.25. The smallest absolute Gasteiger partial charge is 0.356 e. The number of fused-ring (bicyclic) bond motifs is 1. The number of likely N-dealkylation sites (N-methyl/N-ethyl adjacent to an activating group) is 1. The molecule has 1 aliphatic rings. The summed E-state index contributed by atoms with van der Waals surface area (Å²) in [7, 11) is 3.50. The Morgan fingerprint density at radius 2 is 1.79 bits per heavy atom. The van der Waals surface area contributed by atoms with E-state index < -0.39 is 5.97 Å². The van der Waals surface area contributed by atoms with E-state index in [-0.39, 0.29) is 0 Å². The third kappa shape index (κ3) is 4.32. The van der Waals surface area contributed by atoms with Gasteiger partial charge in [-0.25, -0.2) is 9.78 Å². The van der Waals surface area contributed by atoms with Crippen molar-refractivity contribution in [3.05, 3.63) is 65.9 Å². The molecule has 0 spiro atoms. The van der Waals surface area contributed by atoms with Gasteiger partial charge in [0.15, 0.2) is 5.69 Å². The number of nitrogens with zero attached hydrogens (tertiary/aromatic N) is 3. The predicted octanol–water partition coefficient (Wildman–Crippen LogP) is 3.35. The highest BCUT2D eigenvalue weighted by atomic mass is 16.5. The Bertz CT molecular complexity index is 999. The van der Waals surface area contributed by atoms with Gasteiger partial charge in [-0.15, -0.1) is 0 Å². The van der Waals surface area contributed by atoms with Crippen molar-refractivity contribution in [2.45, 2.75) is 6.61 Å². The standard InChI is InChI=1S/C23H25N3O3/c1-25-10-12-26(13-11-25)22-15-21(23(27)28-2)24-20-9-8-18(14-19(20)22)29-16-17-6-4-3-5-7-17/h3-9,14-15H,10-13,16H2,1-2H3. The molecule has 6 nitrogen and oxygen atoms in total. The molecule has 4 rings (SSSR count). The van der Waals surface area contributed by atoms with Crippen LogP contribution in [0.25, 0.3) is 10.9 Å². The maximum atomic E-state index is 12.1. The summed E-state index contributed by atoms with van der Waals surface area (Å²) in [6, 6.07) is 17.7. The van der Waals surface area contributed by atoms with E-state index in [0.29, 0.717) is 12.3 Å². The second-order valence-electron chi connectivity index (χ2n) is 7.26. The first-order valence-corrected chi connectivity index (χ1v) is 9.77. The summed E-state index contributed by atoms with van der Waals surface area (Å²) < 4.78 is 10.9. The van der Waals surface area contributed by atoms with Gasteiger partial charge in [-0.2, -0.15) is 0 Å². The molecule has 0 unspecified atom stereocenters. The summed E-state index contributed by atoms with van der Waals surface area (Å²) in [5.74, 6) is 0.357. The molecule has 29 heavy (non-hydrogen) atoms.